The highest BCUT2D eigenvalue weighted by molar-refractivity contribution is 5.06. The van der Waals surface area contributed by atoms with E-state index in [1.54, 1.807) is 0 Å². The molecular weight excluding hydrogens is 244 g/mol. The Morgan fingerprint density at radius 1 is 1.39 bits per heavy atom. The first kappa shape index (κ1) is 14.6. The van der Waals surface area contributed by atoms with Crippen molar-refractivity contribution in [2.24, 2.45) is 0 Å². The van der Waals surface area contributed by atoms with Crippen molar-refractivity contribution in [3.63, 3.8) is 0 Å². The molecule has 1 aromatic rings. The number of methoxy groups -OCH3 is 1. The van der Waals surface area contributed by atoms with Crippen LogP contribution in [0.1, 0.15) is 5.69 Å². The number of hydrogen-bond acceptors (Lipinski definition) is 6. The summed E-state index contributed by atoms with van der Waals surface area (Å²) >= 11 is 0. The van der Waals surface area contributed by atoms with Crippen LogP contribution >= 0.6 is 0 Å². The molecule has 0 unspecified atom stereocenters. The highest BCUT2D eigenvalue weighted by Gasteiger charge is 2.27. The fourth-order valence-corrected chi connectivity index (χ4v) is 1.48. The van der Waals surface area contributed by atoms with E-state index >= 15 is 0 Å². The standard InChI is InChI=1S/C10H16N2O6/c1-18-6-12-7(2-8(15)11-9(12)16)3-10(17,4-13)5-14/h2,13-14,17H,3-6H2,1H3,(H,11,15,16). The van der Waals surface area contributed by atoms with Crippen LogP contribution in [0.5, 0.6) is 0 Å². The van der Waals surface area contributed by atoms with Crippen molar-refractivity contribution in [3.8, 4) is 0 Å². The van der Waals surface area contributed by atoms with E-state index < -0.39 is 30.1 Å². The van der Waals surface area contributed by atoms with Gasteiger partial charge in [0.25, 0.3) is 5.56 Å². The first-order valence-electron chi connectivity index (χ1n) is 5.22. The predicted octanol–water partition coefficient (Wildman–Crippen LogP) is -2.60. The molecule has 8 heteroatoms. The Morgan fingerprint density at radius 3 is 2.50 bits per heavy atom. The molecule has 1 rings (SSSR count). The van der Waals surface area contributed by atoms with Crippen LogP contribution in [0.3, 0.4) is 0 Å². The lowest BCUT2D eigenvalue weighted by Crippen LogP contribution is -2.43. The van der Waals surface area contributed by atoms with Crippen LogP contribution in [0.2, 0.25) is 0 Å². The number of nitrogens with zero attached hydrogens (tertiary/aromatic N) is 1. The lowest BCUT2D eigenvalue weighted by Gasteiger charge is -2.24. The topological polar surface area (TPSA) is 125 Å². The van der Waals surface area contributed by atoms with Gasteiger partial charge in [-0.05, 0) is 0 Å². The van der Waals surface area contributed by atoms with Gasteiger partial charge >= 0.3 is 5.69 Å². The lowest BCUT2D eigenvalue weighted by molar-refractivity contribution is -0.0559. The van der Waals surface area contributed by atoms with Gasteiger partial charge in [0.1, 0.15) is 12.3 Å². The lowest BCUT2D eigenvalue weighted by atomic mass is 9.99. The number of rotatable bonds is 6. The minimum absolute atomic E-state index is 0.113. The number of hydrogen-bond donors (Lipinski definition) is 4. The molecule has 0 aliphatic heterocycles. The zero-order valence-electron chi connectivity index (χ0n) is 9.92. The molecule has 0 atom stereocenters. The zero-order chi connectivity index (χ0) is 13.8. The molecule has 1 aromatic heterocycles. The molecule has 0 aliphatic rings. The van der Waals surface area contributed by atoms with E-state index in [0.29, 0.717) is 0 Å². The molecule has 0 amide bonds. The molecule has 18 heavy (non-hydrogen) atoms. The Labute approximate surface area is 102 Å². The summed E-state index contributed by atoms with van der Waals surface area (Å²) in [4.78, 5) is 24.8. The second-order valence-corrected chi connectivity index (χ2v) is 3.99. The third-order valence-corrected chi connectivity index (χ3v) is 2.48. The molecule has 1 heterocycles. The summed E-state index contributed by atoms with van der Waals surface area (Å²) in [7, 11) is 1.37. The van der Waals surface area contributed by atoms with Crippen molar-refractivity contribution < 1.29 is 20.1 Å². The van der Waals surface area contributed by atoms with Gasteiger partial charge in [0.05, 0.1) is 13.2 Å². The maximum atomic E-state index is 11.5. The monoisotopic (exact) mass is 260 g/mol. The minimum atomic E-state index is -1.80. The first-order chi connectivity index (χ1) is 8.45. The van der Waals surface area contributed by atoms with Gasteiger partial charge in [-0.2, -0.15) is 0 Å². The molecule has 8 nitrogen and oxygen atoms in total. The van der Waals surface area contributed by atoms with Crippen LogP contribution in [0.25, 0.3) is 0 Å². The van der Waals surface area contributed by atoms with Crippen molar-refractivity contribution in [2.75, 3.05) is 20.3 Å². The highest BCUT2D eigenvalue weighted by atomic mass is 16.5. The van der Waals surface area contributed by atoms with Gasteiger partial charge in [0.15, 0.2) is 0 Å². The fourth-order valence-electron chi connectivity index (χ4n) is 1.48. The second-order valence-electron chi connectivity index (χ2n) is 3.99. The predicted molar refractivity (Wildman–Crippen MR) is 61.2 cm³/mol. The van der Waals surface area contributed by atoms with Gasteiger partial charge in [0.2, 0.25) is 0 Å². The SMILES string of the molecule is COCn1c(CC(O)(CO)CO)cc(=O)[nH]c1=O. The van der Waals surface area contributed by atoms with Crippen molar-refractivity contribution >= 4 is 0 Å². The van der Waals surface area contributed by atoms with Crippen molar-refractivity contribution in [1.29, 1.82) is 0 Å². The number of H-pyrrole nitrogens is 1. The van der Waals surface area contributed by atoms with Crippen molar-refractivity contribution in [3.05, 3.63) is 32.6 Å². The number of aromatic amines is 1. The Morgan fingerprint density at radius 2 is 2.00 bits per heavy atom. The average Bonchev–Trinajstić information content (AvgIpc) is 2.33. The summed E-state index contributed by atoms with van der Waals surface area (Å²) in [5, 5.41) is 27.8. The Kier molecular flexibility index (Phi) is 4.79. The number of aliphatic hydroxyl groups is 3. The van der Waals surface area contributed by atoms with Gasteiger partial charge in [0, 0.05) is 25.3 Å². The van der Waals surface area contributed by atoms with Crippen molar-refractivity contribution in [1.82, 2.24) is 9.55 Å². The van der Waals surface area contributed by atoms with E-state index in [1.165, 1.54) is 7.11 Å². The Balaban J connectivity index is 3.22. The maximum Gasteiger partial charge on any atom is 0.330 e. The summed E-state index contributed by atoms with van der Waals surface area (Å²) < 4.78 is 5.90. The van der Waals surface area contributed by atoms with E-state index in [4.69, 9.17) is 14.9 Å². The zero-order valence-corrected chi connectivity index (χ0v) is 9.92. The summed E-state index contributed by atoms with van der Waals surface area (Å²) in [6.45, 7) is -1.51. The Bertz CT molecular complexity index is 502. The third kappa shape index (κ3) is 3.26. The van der Waals surface area contributed by atoms with E-state index in [0.717, 1.165) is 10.6 Å². The molecule has 4 N–H and O–H groups in total. The van der Waals surface area contributed by atoms with Gasteiger partial charge < -0.3 is 20.1 Å². The second kappa shape index (κ2) is 5.91. The van der Waals surface area contributed by atoms with E-state index in [9.17, 15) is 14.7 Å². The molecule has 0 bridgehead atoms. The molecule has 102 valence electrons. The number of aromatic nitrogens is 2. The Hall–Kier alpha value is -1.48. The fraction of sp³-hybridized carbons (Fsp3) is 0.600. The summed E-state index contributed by atoms with van der Waals surface area (Å²) in [5.74, 6) is 0. The van der Waals surface area contributed by atoms with Gasteiger partial charge in [-0.15, -0.1) is 0 Å². The van der Waals surface area contributed by atoms with Crippen molar-refractivity contribution in [2.45, 2.75) is 18.8 Å². The molecular formula is C10H16N2O6. The van der Waals surface area contributed by atoms with Crippen LogP contribution in [0, 0.1) is 0 Å². The molecule has 0 spiro atoms. The van der Waals surface area contributed by atoms with Crippen LogP contribution in [0.4, 0.5) is 0 Å². The summed E-state index contributed by atoms with van der Waals surface area (Å²) in [6, 6.07) is 1.11. The van der Waals surface area contributed by atoms with E-state index in [1.807, 2.05) is 0 Å². The van der Waals surface area contributed by atoms with Crippen LogP contribution < -0.4 is 11.2 Å². The van der Waals surface area contributed by atoms with Gasteiger partial charge in [-0.3, -0.25) is 14.3 Å². The average molecular weight is 260 g/mol. The maximum absolute atomic E-state index is 11.5. The van der Waals surface area contributed by atoms with Gasteiger partial charge in [-0.25, -0.2) is 4.79 Å². The number of ether oxygens (including phenoxy) is 1. The summed E-state index contributed by atoms with van der Waals surface area (Å²) in [6.07, 6.45) is -0.248. The quantitative estimate of drug-likeness (QED) is 0.444. The largest absolute Gasteiger partial charge is 0.393 e. The molecule has 0 aromatic carbocycles. The highest BCUT2D eigenvalue weighted by Crippen LogP contribution is 2.10. The molecule has 0 fully saturated rings. The number of aliphatic hydroxyl groups excluding tert-OH is 2. The van der Waals surface area contributed by atoms with Crippen LogP contribution in [0.15, 0.2) is 15.7 Å². The molecule has 0 saturated carbocycles. The smallest absolute Gasteiger partial charge is 0.330 e. The van der Waals surface area contributed by atoms with Crippen LogP contribution in [-0.2, 0) is 17.9 Å². The normalized spacial score (nSPS) is 11.8. The summed E-state index contributed by atoms with van der Waals surface area (Å²) in [5.41, 5.74) is -2.94. The molecule has 0 radical (unpaired) electrons. The minimum Gasteiger partial charge on any atom is -0.393 e. The molecule has 0 saturated heterocycles. The van der Waals surface area contributed by atoms with Crippen LogP contribution in [-0.4, -0.2) is 50.8 Å². The third-order valence-electron chi connectivity index (χ3n) is 2.48. The van der Waals surface area contributed by atoms with Gasteiger partial charge in [-0.1, -0.05) is 0 Å². The van der Waals surface area contributed by atoms with E-state index in [-0.39, 0.29) is 18.8 Å². The first-order valence-corrected chi connectivity index (χ1v) is 5.22. The van der Waals surface area contributed by atoms with E-state index in [2.05, 4.69) is 4.98 Å². The molecule has 0 aliphatic carbocycles. The number of nitrogens with one attached hydrogen (secondary N) is 1.